The van der Waals surface area contributed by atoms with Gasteiger partial charge in [0.2, 0.25) is 10.0 Å². The molecule has 0 aromatic heterocycles. The molecule has 3 aromatic carbocycles. The van der Waals surface area contributed by atoms with Gasteiger partial charge in [0.15, 0.2) is 5.78 Å². The van der Waals surface area contributed by atoms with Gasteiger partial charge < -0.3 is 4.74 Å². The molecular formula is C23H21BrN2O6S. The average molecular weight is 533 g/mol. The Bertz CT molecular complexity index is 1240. The van der Waals surface area contributed by atoms with Crippen molar-refractivity contribution in [3.05, 3.63) is 99.6 Å². The second-order valence-corrected chi connectivity index (χ2v) is 9.96. The SMILES string of the molecule is COc1ccc(C(NS(=O)(=O)c2ccc(C)cc2)C(Br)C(=O)c2ccc([N+](=O)[O-])cc2)cc1. The summed E-state index contributed by atoms with van der Waals surface area (Å²) in [6.07, 6.45) is 0. The minimum atomic E-state index is -3.97. The summed E-state index contributed by atoms with van der Waals surface area (Å²) in [4.78, 5) is 22.6. The van der Waals surface area contributed by atoms with Gasteiger partial charge in [0, 0.05) is 17.7 Å². The molecule has 0 aliphatic heterocycles. The van der Waals surface area contributed by atoms with Gasteiger partial charge in [0.1, 0.15) is 5.75 Å². The van der Waals surface area contributed by atoms with E-state index >= 15 is 0 Å². The topological polar surface area (TPSA) is 116 Å². The first kappa shape index (κ1) is 24.6. The number of methoxy groups -OCH3 is 1. The molecule has 1 N–H and O–H groups in total. The van der Waals surface area contributed by atoms with Crippen LogP contribution in [-0.2, 0) is 10.0 Å². The number of nitro groups is 1. The van der Waals surface area contributed by atoms with Gasteiger partial charge in [0.25, 0.3) is 5.69 Å². The predicted octanol–water partition coefficient (Wildman–Crippen LogP) is 4.58. The van der Waals surface area contributed by atoms with Crippen molar-refractivity contribution >= 4 is 37.4 Å². The van der Waals surface area contributed by atoms with Crippen LogP contribution in [-0.4, -0.2) is 31.1 Å². The minimum absolute atomic E-state index is 0.0640. The molecule has 2 atom stereocenters. The summed E-state index contributed by atoms with van der Waals surface area (Å²) in [5.74, 6) is 0.143. The van der Waals surface area contributed by atoms with Gasteiger partial charge >= 0.3 is 0 Å². The van der Waals surface area contributed by atoms with Crippen LogP contribution in [0.5, 0.6) is 5.75 Å². The number of rotatable bonds is 9. The Balaban J connectivity index is 1.97. The summed E-state index contributed by atoms with van der Waals surface area (Å²) in [6, 6.07) is 17.2. The highest BCUT2D eigenvalue weighted by Crippen LogP contribution is 2.30. The van der Waals surface area contributed by atoms with Crippen molar-refractivity contribution in [1.29, 1.82) is 0 Å². The molecule has 8 nitrogen and oxygen atoms in total. The minimum Gasteiger partial charge on any atom is -0.497 e. The summed E-state index contributed by atoms with van der Waals surface area (Å²) in [5, 5.41) is 10.9. The molecule has 2 unspecified atom stereocenters. The van der Waals surface area contributed by atoms with Crippen LogP contribution in [0.15, 0.2) is 77.7 Å². The standard InChI is InChI=1S/C23H21BrN2O6S/c1-15-3-13-20(14-4-15)33(30,31)25-22(16-7-11-19(32-2)12-8-16)21(24)23(27)17-5-9-18(10-6-17)26(28)29/h3-14,21-22,25H,1-2H3. The fourth-order valence-electron chi connectivity index (χ4n) is 3.12. The second-order valence-electron chi connectivity index (χ2n) is 7.26. The van der Waals surface area contributed by atoms with Crippen molar-refractivity contribution in [1.82, 2.24) is 4.72 Å². The van der Waals surface area contributed by atoms with Gasteiger partial charge in [-0.25, -0.2) is 13.1 Å². The van der Waals surface area contributed by atoms with Crippen molar-refractivity contribution in [3.8, 4) is 5.75 Å². The van der Waals surface area contributed by atoms with Crippen LogP contribution >= 0.6 is 15.9 Å². The fraction of sp³-hybridized carbons (Fsp3) is 0.174. The van der Waals surface area contributed by atoms with E-state index in [-0.39, 0.29) is 16.1 Å². The number of hydrogen-bond acceptors (Lipinski definition) is 6. The second kappa shape index (κ2) is 10.2. The average Bonchev–Trinajstić information content (AvgIpc) is 2.82. The summed E-state index contributed by atoms with van der Waals surface area (Å²) < 4.78 is 34.0. The van der Waals surface area contributed by atoms with Crippen molar-refractivity contribution in [2.45, 2.75) is 22.7 Å². The number of Topliss-reactive ketones (excluding diaryl/α,β-unsaturated/α-hetero) is 1. The maximum Gasteiger partial charge on any atom is 0.269 e. The monoisotopic (exact) mass is 532 g/mol. The number of sulfonamides is 1. The highest BCUT2D eigenvalue weighted by Gasteiger charge is 2.32. The van der Waals surface area contributed by atoms with Crippen molar-refractivity contribution in [3.63, 3.8) is 0 Å². The third-order valence-corrected chi connectivity index (χ3v) is 7.40. The lowest BCUT2D eigenvalue weighted by atomic mass is 9.98. The van der Waals surface area contributed by atoms with Gasteiger partial charge in [0.05, 0.1) is 27.8 Å². The van der Waals surface area contributed by atoms with Gasteiger partial charge in [-0.05, 0) is 48.9 Å². The molecule has 0 aliphatic rings. The van der Waals surface area contributed by atoms with Crippen LogP contribution in [0.2, 0.25) is 0 Å². The van der Waals surface area contributed by atoms with E-state index in [0.717, 1.165) is 5.56 Å². The number of alkyl halides is 1. The first-order valence-electron chi connectivity index (χ1n) is 9.78. The number of aryl methyl sites for hydroxylation is 1. The molecular weight excluding hydrogens is 512 g/mol. The molecule has 3 aromatic rings. The number of nitrogens with zero attached hydrogens (tertiary/aromatic N) is 1. The normalized spacial score (nSPS) is 13.2. The Hall–Kier alpha value is -3.08. The van der Waals surface area contributed by atoms with E-state index in [1.54, 1.807) is 36.4 Å². The molecule has 0 bridgehead atoms. The molecule has 3 rings (SSSR count). The van der Waals surface area contributed by atoms with Crippen LogP contribution in [0.4, 0.5) is 5.69 Å². The number of carbonyl (C=O) groups excluding carboxylic acids is 1. The Morgan fingerprint density at radius 3 is 2.09 bits per heavy atom. The summed E-state index contributed by atoms with van der Waals surface area (Å²) >= 11 is 3.36. The number of nitrogens with one attached hydrogen (secondary N) is 1. The Kier molecular flexibility index (Phi) is 7.62. The molecule has 172 valence electrons. The van der Waals surface area contributed by atoms with E-state index in [0.29, 0.717) is 11.3 Å². The molecule has 0 saturated carbocycles. The molecule has 0 heterocycles. The Morgan fingerprint density at radius 2 is 1.58 bits per heavy atom. The van der Waals surface area contributed by atoms with E-state index in [1.165, 1.54) is 43.5 Å². The quantitative estimate of drug-likeness (QED) is 0.186. The molecule has 0 aliphatic carbocycles. The summed E-state index contributed by atoms with van der Waals surface area (Å²) in [6.45, 7) is 1.85. The van der Waals surface area contributed by atoms with Crippen LogP contribution in [0.3, 0.4) is 0 Å². The van der Waals surface area contributed by atoms with Gasteiger partial charge in [-0.2, -0.15) is 0 Å². The molecule has 0 saturated heterocycles. The van der Waals surface area contributed by atoms with Crippen molar-refractivity contribution in [2.24, 2.45) is 0 Å². The molecule has 0 radical (unpaired) electrons. The first-order valence-corrected chi connectivity index (χ1v) is 12.2. The molecule has 0 spiro atoms. The summed E-state index contributed by atoms with van der Waals surface area (Å²) in [7, 11) is -2.46. The Labute approximate surface area is 199 Å². The number of benzene rings is 3. The number of ether oxygens (including phenoxy) is 1. The number of ketones is 1. The van der Waals surface area contributed by atoms with Crippen LogP contribution in [0.25, 0.3) is 0 Å². The number of non-ortho nitro benzene ring substituents is 1. The lowest BCUT2D eigenvalue weighted by molar-refractivity contribution is -0.384. The zero-order chi connectivity index (χ0) is 24.2. The lowest BCUT2D eigenvalue weighted by Gasteiger charge is -2.24. The molecule has 0 amide bonds. The molecule has 33 heavy (non-hydrogen) atoms. The largest absolute Gasteiger partial charge is 0.497 e. The number of nitro benzene ring substituents is 1. The zero-order valence-electron chi connectivity index (χ0n) is 17.8. The van der Waals surface area contributed by atoms with E-state index in [1.807, 2.05) is 6.92 Å². The highest BCUT2D eigenvalue weighted by atomic mass is 79.9. The van der Waals surface area contributed by atoms with Crippen LogP contribution < -0.4 is 9.46 Å². The fourth-order valence-corrected chi connectivity index (χ4v) is 5.23. The number of hydrogen-bond donors (Lipinski definition) is 1. The lowest BCUT2D eigenvalue weighted by Crippen LogP contribution is -2.37. The predicted molar refractivity (Wildman–Crippen MR) is 127 cm³/mol. The van der Waals surface area contributed by atoms with Gasteiger partial charge in [-0.3, -0.25) is 14.9 Å². The maximum absolute atomic E-state index is 13.2. The summed E-state index contributed by atoms with van der Waals surface area (Å²) in [5.41, 5.74) is 1.50. The zero-order valence-corrected chi connectivity index (χ0v) is 20.2. The van der Waals surface area contributed by atoms with Gasteiger partial charge in [-0.15, -0.1) is 0 Å². The number of carbonyl (C=O) groups is 1. The van der Waals surface area contributed by atoms with E-state index < -0.39 is 31.6 Å². The Morgan fingerprint density at radius 1 is 1.00 bits per heavy atom. The smallest absolute Gasteiger partial charge is 0.269 e. The van der Waals surface area contributed by atoms with E-state index in [2.05, 4.69) is 20.7 Å². The maximum atomic E-state index is 13.2. The van der Waals surface area contributed by atoms with Crippen LogP contribution in [0.1, 0.15) is 27.5 Å². The third-order valence-electron chi connectivity index (χ3n) is 4.99. The number of halogens is 1. The first-order chi connectivity index (χ1) is 15.6. The van der Waals surface area contributed by atoms with Crippen molar-refractivity contribution < 1.29 is 22.9 Å². The molecule has 0 fully saturated rings. The highest BCUT2D eigenvalue weighted by molar-refractivity contribution is 9.10. The van der Waals surface area contributed by atoms with Gasteiger partial charge in [-0.1, -0.05) is 45.8 Å². The van der Waals surface area contributed by atoms with Crippen LogP contribution in [0, 0.1) is 17.0 Å². The van der Waals surface area contributed by atoms with E-state index in [9.17, 15) is 23.3 Å². The van der Waals surface area contributed by atoms with Crippen molar-refractivity contribution in [2.75, 3.05) is 7.11 Å². The third kappa shape index (κ3) is 5.84. The van der Waals surface area contributed by atoms with E-state index in [4.69, 9.17) is 4.74 Å². The molecule has 10 heteroatoms.